The zero-order valence-electron chi connectivity index (χ0n) is 18.4. The molecule has 0 bridgehead atoms. The van der Waals surface area contributed by atoms with Gasteiger partial charge in [-0.2, -0.15) is 0 Å². The van der Waals surface area contributed by atoms with E-state index in [-0.39, 0.29) is 29.9 Å². The Morgan fingerprint density at radius 3 is 2.48 bits per heavy atom. The van der Waals surface area contributed by atoms with Crippen molar-refractivity contribution in [1.29, 1.82) is 0 Å². The van der Waals surface area contributed by atoms with Crippen LogP contribution in [0, 0.1) is 5.92 Å². The van der Waals surface area contributed by atoms with Gasteiger partial charge in [0.15, 0.2) is 5.96 Å². The minimum absolute atomic E-state index is 0. The number of ether oxygens (including phenoxy) is 2. The third-order valence-electron chi connectivity index (χ3n) is 4.39. The van der Waals surface area contributed by atoms with Crippen molar-refractivity contribution in [1.82, 2.24) is 16.0 Å². The fourth-order valence-corrected chi connectivity index (χ4v) is 2.73. The lowest BCUT2D eigenvalue weighted by atomic mass is 10.2. The second-order valence-electron chi connectivity index (χ2n) is 6.97. The lowest BCUT2D eigenvalue weighted by Crippen LogP contribution is -2.43. The van der Waals surface area contributed by atoms with Crippen LogP contribution in [0.25, 0.3) is 0 Å². The van der Waals surface area contributed by atoms with Gasteiger partial charge >= 0.3 is 0 Å². The summed E-state index contributed by atoms with van der Waals surface area (Å²) in [7, 11) is 3.30. The summed E-state index contributed by atoms with van der Waals surface area (Å²) in [5.41, 5.74) is 1.74. The quantitative estimate of drug-likeness (QED) is 0.177. The van der Waals surface area contributed by atoms with E-state index in [1.807, 2.05) is 24.3 Å². The van der Waals surface area contributed by atoms with Crippen LogP contribution in [0.5, 0.6) is 5.75 Å². The molecule has 8 heteroatoms. The van der Waals surface area contributed by atoms with Crippen molar-refractivity contribution in [2.75, 3.05) is 40.4 Å². The van der Waals surface area contributed by atoms with Crippen molar-refractivity contribution in [2.24, 2.45) is 10.9 Å². The van der Waals surface area contributed by atoms with Crippen molar-refractivity contribution in [3.8, 4) is 5.75 Å². The van der Waals surface area contributed by atoms with E-state index in [1.165, 1.54) is 5.56 Å². The van der Waals surface area contributed by atoms with E-state index < -0.39 is 0 Å². The second kappa shape index (κ2) is 15.5. The number of nitrogens with one attached hydrogen (secondary N) is 3. The van der Waals surface area contributed by atoms with Crippen molar-refractivity contribution < 1.29 is 14.3 Å². The molecule has 31 heavy (non-hydrogen) atoms. The number of nitrogens with zero attached hydrogens (tertiary/aromatic N) is 1. The molecule has 0 heterocycles. The molecule has 0 aliphatic carbocycles. The molecule has 3 N–H and O–H groups in total. The van der Waals surface area contributed by atoms with Crippen LogP contribution in [-0.2, 0) is 11.3 Å². The second-order valence-corrected chi connectivity index (χ2v) is 6.97. The van der Waals surface area contributed by atoms with Gasteiger partial charge in [0.1, 0.15) is 5.75 Å². The Morgan fingerprint density at radius 2 is 1.77 bits per heavy atom. The molecule has 0 saturated heterocycles. The summed E-state index contributed by atoms with van der Waals surface area (Å²) in [6.07, 6.45) is 0. The summed E-state index contributed by atoms with van der Waals surface area (Å²) >= 11 is 0. The summed E-state index contributed by atoms with van der Waals surface area (Å²) in [6, 6.07) is 17.2. The topological polar surface area (TPSA) is 84.0 Å². The molecule has 2 rings (SSSR count). The van der Waals surface area contributed by atoms with E-state index in [9.17, 15) is 4.79 Å². The van der Waals surface area contributed by atoms with Gasteiger partial charge in [-0.3, -0.25) is 9.79 Å². The fourth-order valence-electron chi connectivity index (χ4n) is 2.73. The highest BCUT2D eigenvalue weighted by Gasteiger charge is 2.07. The zero-order valence-corrected chi connectivity index (χ0v) is 20.7. The number of carbonyl (C=O) groups excluding carboxylic acids is 1. The summed E-state index contributed by atoms with van der Waals surface area (Å²) in [5, 5.41) is 9.36. The molecule has 0 radical (unpaired) electrons. The Morgan fingerprint density at radius 1 is 1.03 bits per heavy atom. The van der Waals surface area contributed by atoms with Crippen molar-refractivity contribution in [3.05, 3.63) is 65.7 Å². The molecule has 2 aromatic rings. The van der Waals surface area contributed by atoms with E-state index in [2.05, 4.69) is 40.0 Å². The van der Waals surface area contributed by atoms with Crippen molar-refractivity contribution in [3.63, 3.8) is 0 Å². The third kappa shape index (κ3) is 10.5. The molecule has 0 aromatic heterocycles. The maximum absolute atomic E-state index is 12.2. The molecule has 0 spiro atoms. The number of hydrogen-bond donors (Lipinski definition) is 3. The molecular formula is C23H33IN4O3. The summed E-state index contributed by atoms with van der Waals surface area (Å²) in [4.78, 5) is 16.4. The highest BCUT2D eigenvalue weighted by Crippen LogP contribution is 2.12. The first-order chi connectivity index (χ1) is 14.6. The standard InChI is InChI=1S/C23H32N4O3.HI/c1-18(16-30-17-19-8-5-4-6-9-19)15-27-23(24-2)26-13-12-25-22(28)20-10-7-11-21(14-20)29-3;/h4-11,14,18H,12-13,15-17H2,1-3H3,(H,25,28)(H2,24,26,27);1H. The zero-order chi connectivity index (χ0) is 21.6. The average molecular weight is 540 g/mol. The van der Waals surface area contributed by atoms with Crippen molar-refractivity contribution in [2.45, 2.75) is 13.5 Å². The Kier molecular flexibility index (Phi) is 13.3. The first kappa shape index (κ1) is 26.7. The SMILES string of the molecule is CN=C(NCCNC(=O)c1cccc(OC)c1)NCC(C)COCc1ccccc1.I. The molecule has 0 fully saturated rings. The summed E-state index contributed by atoms with van der Waals surface area (Å²) < 4.78 is 10.9. The Balaban J connectivity index is 0.00000480. The maximum Gasteiger partial charge on any atom is 0.251 e. The lowest BCUT2D eigenvalue weighted by molar-refractivity contribution is 0.0930. The number of carbonyl (C=O) groups is 1. The predicted octanol–water partition coefficient (Wildman–Crippen LogP) is 3.06. The maximum atomic E-state index is 12.2. The summed E-state index contributed by atoms with van der Waals surface area (Å²) in [5.74, 6) is 1.55. The van der Waals surface area contributed by atoms with E-state index in [0.29, 0.717) is 49.5 Å². The molecule has 0 aliphatic rings. The number of methoxy groups -OCH3 is 1. The van der Waals surface area contributed by atoms with E-state index >= 15 is 0 Å². The Hall–Kier alpha value is -2.33. The smallest absolute Gasteiger partial charge is 0.251 e. The predicted molar refractivity (Wildman–Crippen MR) is 135 cm³/mol. The molecule has 1 unspecified atom stereocenters. The van der Waals surface area contributed by atoms with Gasteiger partial charge in [-0.25, -0.2) is 0 Å². The first-order valence-electron chi connectivity index (χ1n) is 10.1. The van der Waals surface area contributed by atoms with Gasteiger partial charge in [0.05, 0.1) is 20.3 Å². The number of halogens is 1. The number of amides is 1. The molecular weight excluding hydrogens is 507 g/mol. The van der Waals surface area contributed by atoms with Crippen molar-refractivity contribution >= 4 is 35.8 Å². The minimum Gasteiger partial charge on any atom is -0.497 e. The van der Waals surface area contributed by atoms with Crippen LogP contribution in [0.2, 0.25) is 0 Å². The van der Waals surface area contributed by atoms with Gasteiger partial charge in [-0.1, -0.05) is 43.3 Å². The third-order valence-corrected chi connectivity index (χ3v) is 4.39. The number of hydrogen-bond acceptors (Lipinski definition) is 4. The van der Waals surface area contributed by atoms with E-state index in [0.717, 1.165) is 6.54 Å². The number of rotatable bonds is 11. The largest absolute Gasteiger partial charge is 0.497 e. The molecule has 2 aromatic carbocycles. The van der Waals surface area contributed by atoms with Crippen LogP contribution in [0.15, 0.2) is 59.6 Å². The number of guanidine groups is 1. The van der Waals surface area contributed by atoms with E-state index in [1.54, 1.807) is 32.4 Å². The summed E-state index contributed by atoms with van der Waals surface area (Å²) in [6.45, 7) is 5.19. The first-order valence-corrected chi connectivity index (χ1v) is 10.1. The molecule has 1 atom stereocenters. The van der Waals surface area contributed by atoms with Gasteiger partial charge in [0.2, 0.25) is 0 Å². The van der Waals surface area contributed by atoms with Gasteiger partial charge in [0.25, 0.3) is 5.91 Å². The lowest BCUT2D eigenvalue weighted by Gasteiger charge is -2.16. The van der Waals surface area contributed by atoms with Crippen LogP contribution in [-0.4, -0.2) is 52.3 Å². The highest BCUT2D eigenvalue weighted by molar-refractivity contribution is 14.0. The van der Waals surface area contributed by atoms with Gasteiger partial charge in [-0.15, -0.1) is 24.0 Å². The van der Waals surface area contributed by atoms with Crippen LogP contribution in [0.3, 0.4) is 0 Å². The van der Waals surface area contributed by atoms with Gasteiger partial charge < -0.3 is 25.4 Å². The van der Waals surface area contributed by atoms with Crippen LogP contribution < -0.4 is 20.7 Å². The van der Waals surface area contributed by atoms with Gasteiger partial charge in [-0.05, 0) is 29.7 Å². The molecule has 170 valence electrons. The highest BCUT2D eigenvalue weighted by atomic mass is 127. The minimum atomic E-state index is -0.136. The molecule has 1 amide bonds. The molecule has 0 aliphatic heterocycles. The van der Waals surface area contributed by atoms with Crippen LogP contribution in [0.1, 0.15) is 22.8 Å². The Labute approximate surface area is 202 Å². The molecule has 0 saturated carbocycles. The fraction of sp³-hybridized carbons (Fsp3) is 0.391. The Bertz CT molecular complexity index is 802. The van der Waals surface area contributed by atoms with Crippen LogP contribution >= 0.6 is 24.0 Å². The average Bonchev–Trinajstić information content (AvgIpc) is 2.79. The van der Waals surface area contributed by atoms with E-state index in [4.69, 9.17) is 9.47 Å². The number of aliphatic imine (C=N–C) groups is 1. The monoisotopic (exact) mass is 540 g/mol. The molecule has 7 nitrogen and oxygen atoms in total. The van der Waals surface area contributed by atoms with Gasteiger partial charge in [0, 0.05) is 32.2 Å². The number of benzene rings is 2. The normalized spacial score (nSPS) is 11.8. The van der Waals surface area contributed by atoms with Crippen LogP contribution in [0.4, 0.5) is 0 Å².